The third-order valence-electron chi connectivity index (χ3n) is 3.52. The highest BCUT2D eigenvalue weighted by Gasteiger charge is 2.03. The zero-order valence-corrected chi connectivity index (χ0v) is 15.8. The number of rotatable bonds is 9. The molecule has 140 valence electrons. The van der Waals surface area contributed by atoms with Crippen LogP contribution in [0.5, 0.6) is 11.5 Å². The van der Waals surface area contributed by atoms with Crippen molar-refractivity contribution in [1.82, 2.24) is 0 Å². The van der Waals surface area contributed by atoms with Crippen molar-refractivity contribution in [2.24, 2.45) is 10.7 Å². The van der Waals surface area contributed by atoms with Crippen LogP contribution < -0.4 is 20.5 Å². The molecule has 0 amide bonds. The van der Waals surface area contributed by atoms with Crippen LogP contribution in [0.3, 0.4) is 0 Å². The first-order chi connectivity index (χ1) is 12.6. The van der Waals surface area contributed by atoms with Crippen molar-refractivity contribution in [2.45, 2.75) is 13.0 Å². The van der Waals surface area contributed by atoms with Gasteiger partial charge in [-0.15, -0.1) is 0 Å². The van der Waals surface area contributed by atoms with E-state index in [2.05, 4.69) is 10.3 Å². The van der Waals surface area contributed by atoms with Crippen LogP contribution in [0.25, 0.3) is 0 Å². The van der Waals surface area contributed by atoms with E-state index in [1.165, 1.54) is 0 Å². The Balaban J connectivity index is 1.90. The van der Waals surface area contributed by atoms with Gasteiger partial charge in [0.05, 0.1) is 25.3 Å². The van der Waals surface area contributed by atoms with E-state index in [0.717, 1.165) is 23.4 Å². The highest BCUT2D eigenvalue weighted by molar-refractivity contribution is 6.32. The third-order valence-corrected chi connectivity index (χ3v) is 3.81. The molecule has 0 radical (unpaired) electrons. The molecule has 2 rings (SSSR count). The quantitative estimate of drug-likeness (QED) is 0.396. The van der Waals surface area contributed by atoms with Gasteiger partial charge in [-0.25, -0.2) is 4.99 Å². The number of hydrogen-bond acceptors (Lipinski definition) is 4. The third kappa shape index (κ3) is 6.46. The van der Waals surface area contributed by atoms with Crippen LogP contribution in [0.4, 0.5) is 5.69 Å². The summed E-state index contributed by atoms with van der Waals surface area (Å²) in [5, 5.41) is 3.51. The molecule has 0 aliphatic heterocycles. The Morgan fingerprint density at radius 3 is 2.73 bits per heavy atom. The summed E-state index contributed by atoms with van der Waals surface area (Å²) in [6.07, 6.45) is 0.847. The molecule has 0 unspecified atom stereocenters. The molecular weight excluding hydrogens is 354 g/mol. The van der Waals surface area contributed by atoms with Crippen molar-refractivity contribution in [3.8, 4) is 11.5 Å². The first-order valence-electron chi connectivity index (χ1n) is 8.23. The fourth-order valence-electron chi connectivity index (χ4n) is 2.23. The Morgan fingerprint density at radius 1 is 1.15 bits per heavy atom. The van der Waals surface area contributed by atoms with Gasteiger partial charge in [-0.05, 0) is 35.9 Å². The number of guanidine groups is 1. The molecule has 2 aromatic rings. The predicted octanol–water partition coefficient (Wildman–Crippen LogP) is 3.69. The molecule has 0 spiro atoms. The molecule has 6 nitrogen and oxygen atoms in total. The number of nitrogens with two attached hydrogens (primary N) is 1. The number of aliphatic imine (C=N–C) groups is 1. The predicted molar refractivity (Wildman–Crippen MR) is 105 cm³/mol. The molecule has 0 fully saturated rings. The topological polar surface area (TPSA) is 78.1 Å². The minimum Gasteiger partial charge on any atom is -0.495 e. The summed E-state index contributed by atoms with van der Waals surface area (Å²) in [6, 6.07) is 13.1. The van der Waals surface area contributed by atoms with Crippen molar-refractivity contribution in [1.29, 1.82) is 0 Å². The van der Waals surface area contributed by atoms with E-state index in [1.54, 1.807) is 26.4 Å². The molecule has 0 heterocycles. The number of ether oxygens (including phenoxy) is 3. The van der Waals surface area contributed by atoms with Gasteiger partial charge in [0, 0.05) is 25.8 Å². The molecule has 26 heavy (non-hydrogen) atoms. The van der Waals surface area contributed by atoms with Gasteiger partial charge < -0.3 is 25.3 Å². The molecule has 0 saturated heterocycles. The minimum absolute atomic E-state index is 0.303. The lowest BCUT2D eigenvalue weighted by Gasteiger charge is -2.09. The summed E-state index contributed by atoms with van der Waals surface area (Å²) in [5.74, 6) is 1.72. The summed E-state index contributed by atoms with van der Waals surface area (Å²) < 4.78 is 15.8. The Hall–Kier alpha value is -2.44. The maximum absolute atomic E-state index is 6.10. The minimum atomic E-state index is 0.303. The van der Waals surface area contributed by atoms with Crippen LogP contribution in [-0.4, -0.2) is 33.4 Å². The van der Waals surface area contributed by atoms with Crippen LogP contribution in [0.1, 0.15) is 12.0 Å². The zero-order chi connectivity index (χ0) is 18.8. The smallest absolute Gasteiger partial charge is 0.193 e. The molecule has 2 aromatic carbocycles. The normalized spacial score (nSPS) is 11.3. The second kappa shape index (κ2) is 10.5. The van der Waals surface area contributed by atoms with Gasteiger partial charge in [-0.2, -0.15) is 0 Å². The van der Waals surface area contributed by atoms with E-state index < -0.39 is 0 Å². The number of halogens is 1. The Kier molecular flexibility index (Phi) is 8.05. The molecule has 0 saturated carbocycles. The molecule has 0 bridgehead atoms. The average Bonchev–Trinajstić information content (AvgIpc) is 2.64. The molecule has 0 atom stereocenters. The fourth-order valence-corrected chi connectivity index (χ4v) is 2.49. The van der Waals surface area contributed by atoms with E-state index in [-0.39, 0.29) is 0 Å². The van der Waals surface area contributed by atoms with Crippen molar-refractivity contribution in [3.63, 3.8) is 0 Å². The largest absolute Gasteiger partial charge is 0.495 e. The lowest BCUT2D eigenvalue weighted by Crippen LogP contribution is -2.22. The highest BCUT2D eigenvalue weighted by Crippen LogP contribution is 2.27. The average molecular weight is 378 g/mol. The van der Waals surface area contributed by atoms with Gasteiger partial charge in [-0.3, -0.25) is 0 Å². The van der Waals surface area contributed by atoms with Crippen LogP contribution in [0.2, 0.25) is 5.02 Å². The number of hydrogen-bond donors (Lipinski definition) is 2. The number of nitrogens with zero attached hydrogens (tertiary/aromatic N) is 1. The van der Waals surface area contributed by atoms with Gasteiger partial charge in [0.15, 0.2) is 5.96 Å². The zero-order valence-electron chi connectivity index (χ0n) is 15.0. The Bertz CT molecular complexity index is 738. The number of methoxy groups -OCH3 is 2. The standard InChI is InChI=1S/C19H24ClN3O3/c1-24-9-4-10-26-16-6-3-5-14(11-16)13-22-19(21)23-15-7-8-18(25-2)17(20)12-15/h3,5-8,11-12H,4,9-10,13H2,1-2H3,(H3,21,22,23). The molecule has 3 N–H and O–H groups in total. The summed E-state index contributed by atoms with van der Waals surface area (Å²) >= 11 is 6.10. The van der Waals surface area contributed by atoms with Crippen molar-refractivity contribution in [3.05, 3.63) is 53.1 Å². The molecule has 7 heteroatoms. The molecule has 0 aliphatic rings. The maximum atomic E-state index is 6.10. The Morgan fingerprint density at radius 2 is 2.00 bits per heavy atom. The first-order valence-corrected chi connectivity index (χ1v) is 8.61. The van der Waals surface area contributed by atoms with Gasteiger partial charge in [0.25, 0.3) is 0 Å². The molecular formula is C19H24ClN3O3. The maximum Gasteiger partial charge on any atom is 0.193 e. The van der Waals surface area contributed by atoms with Gasteiger partial charge in [0.1, 0.15) is 11.5 Å². The summed E-state index contributed by atoms with van der Waals surface area (Å²) in [7, 11) is 3.25. The SMILES string of the molecule is COCCCOc1cccc(CN=C(N)Nc2ccc(OC)c(Cl)c2)c1. The van der Waals surface area contributed by atoms with E-state index in [1.807, 2.05) is 30.3 Å². The van der Waals surface area contributed by atoms with E-state index >= 15 is 0 Å². The van der Waals surface area contributed by atoms with Crippen LogP contribution in [-0.2, 0) is 11.3 Å². The van der Waals surface area contributed by atoms with Gasteiger partial charge in [-0.1, -0.05) is 23.7 Å². The van der Waals surface area contributed by atoms with Crippen molar-refractivity contribution >= 4 is 23.2 Å². The monoisotopic (exact) mass is 377 g/mol. The van der Waals surface area contributed by atoms with Crippen LogP contribution in [0, 0.1) is 0 Å². The van der Waals surface area contributed by atoms with Crippen molar-refractivity contribution < 1.29 is 14.2 Å². The number of anilines is 1. The summed E-state index contributed by atoms with van der Waals surface area (Å²) in [5.41, 5.74) is 7.69. The molecule has 0 aromatic heterocycles. The highest BCUT2D eigenvalue weighted by atomic mass is 35.5. The Labute approximate surface area is 158 Å². The lowest BCUT2D eigenvalue weighted by molar-refractivity contribution is 0.172. The van der Waals surface area contributed by atoms with Crippen LogP contribution >= 0.6 is 11.6 Å². The van der Waals surface area contributed by atoms with E-state index in [0.29, 0.717) is 36.5 Å². The molecule has 0 aliphatic carbocycles. The first kappa shape index (κ1) is 19.9. The van der Waals surface area contributed by atoms with Crippen molar-refractivity contribution in [2.75, 3.05) is 32.8 Å². The van der Waals surface area contributed by atoms with E-state index in [9.17, 15) is 0 Å². The summed E-state index contributed by atoms with van der Waals surface area (Å²) in [6.45, 7) is 1.74. The summed E-state index contributed by atoms with van der Waals surface area (Å²) in [4.78, 5) is 4.35. The number of benzene rings is 2. The fraction of sp³-hybridized carbons (Fsp3) is 0.316. The number of nitrogens with one attached hydrogen (secondary N) is 1. The van der Waals surface area contributed by atoms with Gasteiger partial charge in [0.2, 0.25) is 0 Å². The van der Waals surface area contributed by atoms with Crippen LogP contribution in [0.15, 0.2) is 47.5 Å². The van der Waals surface area contributed by atoms with E-state index in [4.69, 9.17) is 31.5 Å². The second-order valence-electron chi connectivity index (χ2n) is 5.52. The lowest BCUT2D eigenvalue weighted by atomic mass is 10.2. The second-order valence-corrected chi connectivity index (χ2v) is 5.93. The van der Waals surface area contributed by atoms with Gasteiger partial charge >= 0.3 is 0 Å².